The number of nitrogen functional groups attached to an aromatic ring is 1. The summed E-state index contributed by atoms with van der Waals surface area (Å²) in [4.78, 5) is 12.2. The normalized spacial score (nSPS) is 11.3. The lowest BCUT2D eigenvalue weighted by Gasteiger charge is -2.19. The third kappa shape index (κ3) is 5.91. The van der Waals surface area contributed by atoms with Gasteiger partial charge in [0.05, 0.1) is 6.42 Å². The molecule has 0 fully saturated rings. The molecule has 0 aromatic heterocycles. The van der Waals surface area contributed by atoms with Crippen LogP contribution in [0.2, 0.25) is 0 Å². The Hall–Kier alpha value is -1.23. The van der Waals surface area contributed by atoms with E-state index in [1.54, 1.807) is 6.07 Å². The maximum atomic E-state index is 13.1. The van der Waals surface area contributed by atoms with Gasteiger partial charge in [0.1, 0.15) is 11.4 Å². The molecule has 0 aliphatic carbocycles. The number of nitrogens with two attached hydrogens (primary N) is 1. The summed E-state index contributed by atoms with van der Waals surface area (Å²) < 4.78 is 18.2. The van der Waals surface area contributed by atoms with Crippen molar-refractivity contribution in [3.05, 3.63) is 24.0 Å². The number of anilines is 1. The van der Waals surface area contributed by atoms with E-state index < -0.39 is 5.60 Å². The SMILES string of the molecule is CC(C)(C)OC(=O)CCSc1cc(N)cc(F)c1. The zero-order chi connectivity index (χ0) is 13.8. The van der Waals surface area contributed by atoms with Gasteiger partial charge in [0.15, 0.2) is 0 Å². The van der Waals surface area contributed by atoms with Crippen LogP contribution in [0, 0.1) is 5.82 Å². The van der Waals surface area contributed by atoms with E-state index in [1.807, 2.05) is 20.8 Å². The molecule has 0 heterocycles. The number of halogens is 1. The average Bonchev–Trinajstić information content (AvgIpc) is 2.12. The van der Waals surface area contributed by atoms with E-state index in [-0.39, 0.29) is 11.8 Å². The Kier molecular flexibility index (Phi) is 5.02. The summed E-state index contributed by atoms with van der Waals surface area (Å²) in [5.74, 6) is -0.0770. The highest BCUT2D eigenvalue weighted by Gasteiger charge is 2.15. The van der Waals surface area contributed by atoms with Gasteiger partial charge in [-0.1, -0.05) is 0 Å². The number of hydrogen-bond donors (Lipinski definition) is 1. The molecule has 0 amide bonds. The van der Waals surface area contributed by atoms with E-state index in [0.717, 1.165) is 4.90 Å². The lowest BCUT2D eigenvalue weighted by Crippen LogP contribution is -2.23. The van der Waals surface area contributed by atoms with Crippen LogP contribution in [0.1, 0.15) is 27.2 Å². The molecule has 2 N–H and O–H groups in total. The van der Waals surface area contributed by atoms with Crippen LogP contribution in [-0.4, -0.2) is 17.3 Å². The Labute approximate surface area is 111 Å². The average molecular weight is 271 g/mol. The summed E-state index contributed by atoms with van der Waals surface area (Å²) in [6, 6.07) is 4.34. The third-order valence-electron chi connectivity index (χ3n) is 1.89. The number of thioether (sulfide) groups is 1. The molecule has 0 atom stereocenters. The van der Waals surface area contributed by atoms with Crippen LogP contribution in [0.5, 0.6) is 0 Å². The van der Waals surface area contributed by atoms with Gasteiger partial charge in [-0.3, -0.25) is 4.79 Å². The molecule has 1 rings (SSSR count). The monoisotopic (exact) mass is 271 g/mol. The van der Waals surface area contributed by atoms with Gasteiger partial charge in [-0.25, -0.2) is 4.39 Å². The van der Waals surface area contributed by atoms with E-state index in [9.17, 15) is 9.18 Å². The van der Waals surface area contributed by atoms with Crippen molar-refractivity contribution in [2.75, 3.05) is 11.5 Å². The maximum absolute atomic E-state index is 13.1. The smallest absolute Gasteiger partial charge is 0.307 e. The van der Waals surface area contributed by atoms with Crippen molar-refractivity contribution in [2.45, 2.75) is 37.7 Å². The highest BCUT2D eigenvalue weighted by molar-refractivity contribution is 7.99. The van der Waals surface area contributed by atoms with Gasteiger partial charge in [0.2, 0.25) is 0 Å². The van der Waals surface area contributed by atoms with Crippen molar-refractivity contribution in [3.8, 4) is 0 Å². The second-order valence-corrected chi connectivity index (χ2v) is 6.07. The van der Waals surface area contributed by atoms with Gasteiger partial charge < -0.3 is 10.5 Å². The Bertz CT molecular complexity index is 409. The first-order valence-electron chi connectivity index (χ1n) is 5.67. The van der Waals surface area contributed by atoms with E-state index in [1.165, 1.54) is 23.9 Å². The topological polar surface area (TPSA) is 52.3 Å². The van der Waals surface area contributed by atoms with Crippen LogP contribution < -0.4 is 5.73 Å². The van der Waals surface area contributed by atoms with Crippen LogP contribution in [0.15, 0.2) is 23.1 Å². The van der Waals surface area contributed by atoms with Crippen molar-refractivity contribution in [3.63, 3.8) is 0 Å². The molecule has 0 bridgehead atoms. The number of benzene rings is 1. The number of rotatable bonds is 4. The van der Waals surface area contributed by atoms with E-state index in [2.05, 4.69) is 0 Å². The first-order valence-corrected chi connectivity index (χ1v) is 6.65. The Morgan fingerprint density at radius 2 is 2.06 bits per heavy atom. The molecule has 0 saturated heterocycles. The number of hydrogen-bond acceptors (Lipinski definition) is 4. The van der Waals surface area contributed by atoms with E-state index in [0.29, 0.717) is 17.9 Å². The third-order valence-corrected chi connectivity index (χ3v) is 2.87. The Morgan fingerprint density at radius 1 is 1.39 bits per heavy atom. The van der Waals surface area contributed by atoms with Crippen LogP contribution in [-0.2, 0) is 9.53 Å². The van der Waals surface area contributed by atoms with Gasteiger partial charge in [0, 0.05) is 16.3 Å². The lowest BCUT2D eigenvalue weighted by atomic mass is 10.2. The standard InChI is InChI=1S/C13H18FNO2S/c1-13(2,3)17-12(16)4-5-18-11-7-9(14)6-10(15)8-11/h6-8H,4-5,15H2,1-3H3. The van der Waals surface area contributed by atoms with Gasteiger partial charge in [-0.05, 0) is 39.0 Å². The fourth-order valence-electron chi connectivity index (χ4n) is 1.31. The summed E-state index contributed by atoms with van der Waals surface area (Å²) >= 11 is 1.38. The summed E-state index contributed by atoms with van der Waals surface area (Å²) in [5, 5.41) is 0. The minimum atomic E-state index is -0.467. The number of carbonyl (C=O) groups excluding carboxylic acids is 1. The number of ether oxygens (including phenoxy) is 1. The lowest BCUT2D eigenvalue weighted by molar-refractivity contribution is -0.154. The molecule has 1 aromatic carbocycles. The van der Waals surface area contributed by atoms with Crippen molar-refractivity contribution in [2.24, 2.45) is 0 Å². The largest absolute Gasteiger partial charge is 0.460 e. The first-order chi connectivity index (χ1) is 8.26. The summed E-state index contributed by atoms with van der Waals surface area (Å²) in [7, 11) is 0. The van der Waals surface area contributed by atoms with Crippen LogP contribution in [0.25, 0.3) is 0 Å². The Morgan fingerprint density at radius 3 is 2.61 bits per heavy atom. The molecule has 100 valence electrons. The molecule has 5 heteroatoms. The minimum absolute atomic E-state index is 0.251. The molecule has 0 aliphatic rings. The fourth-order valence-corrected chi connectivity index (χ4v) is 2.23. The molecule has 3 nitrogen and oxygen atoms in total. The van der Waals surface area contributed by atoms with Crippen molar-refractivity contribution in [1.29, 1.82) is 0 Å². The second kappa shape index (κ2) is 6.09. The van der Waals surface area contributed by atoms with Crippen molar-refractivity contribution in [1.82, 2.24) is 0 Å². The molecule has 0 unspecified atom stereocenters. The molecule has 0 spiro atoms. The summed E-state index contributed by atoms with van der Waals surface area (Å²) in [6.07, 6.45) is 0.290. The zero-order valence-corrected chi connectivity index (χ0v) is 11.6. The number of esters is 1. The molecular formula is C13H18FNO2S. The minimum Gasteiger partial charge on any atom is -0.460 e. The number of carbonyl (C=O) groups is 1. The van der Waals surface area contributed by atoms with Gasteiger partial charge in [-0.2, -0.15) is 0 Å². The van der Waals surface area contributed by atoms with Crippen molar-refractivity contribution >= 4 is 23.4 Å². The molecular weight excluding hydrogens is 253 g/mol. The van der Waals surface area contributed by atoms with Gasteiger partial charge in [-0.15, -0.1) is 11.8 Å². The molecule has 0 aliphatic heterocycles. The molecule has 0 radical (unpaired) electrons. The highest BCUT2D eigenvalue weighted by atomic mass is 32.2. The molecule has 18 heavy (non-hydrogen) atoms. The zero-order valence-electron chi connectivity index (χ0n) is 10.8. The van der Waals surface area contributed by atoms with Crippen molar-refractivity contribution < 1.29 is 13.9 Å². The first kappa shape index (κ1) is 14.8. The predicted molar refractivity (Wildman–Crippen MR) is 72.0 cm³/mol. The summed E-state index contributed by atoms with van der Waals surface area (Å²) in [5.41, 5.74) is 5.45. The molecule has 1 aromatic rings. The van der Waals surface area contributed by atoms with E-state index >= 15 is 0 Å². The fraction of sp³-hybridized carbons (Fsp3) is 0.462. The van der Waals surface area contributed by atoms with Gasteiger partial charge >= 0.3 is 5.97 Å². The summed E-state index contributed by atoms with van der Waals surface area (Å²) in [6.45, 7) is 5.47. The van der Waals surface area contributed by atoms with Crippen LogP contribution >= 0.6 is 11.8 Å². The predicted octanol–water partition coefficient (Wildman–Crippen LogP) is 3.23. The molecule has 0 saturated carbocycles. The highest BCUT2D eigenvalue weighted by Crippen LogP contribution is 2.23. The second-order valence-electron chi connectivity index (χ2n) is 4.91. The van der Waals surface area contributed by atoms with Crippen LogP contribution in [0.3, 0.4) is 0 Å². The maximum Gasteiger partial charge on any atom is 0.307 e. The van der Waals surface area contributed by atoms with Crippen LogP contribution in [0.4, 0.5) is 10.1 Å². The van der Waals surface area contributed by atoms with E-state index in [4.69, 9.17) is 10.5 Å². The quantitative estimate of drug-likeness (QED) is 0.519. The Balaban J connectivity index is 2.40. The van der Waals surface area contributed by atoms with Gasteiger partial charge in [0.25, 0.3) is 0 Å².